The SMILES string of the molecule is CCNC(=O)[C@@H]1C[C@H](N)CN1C(=O)c1ccc(C#CC(C)(C)O)o1. The van der Waals surface area contributed by atoms with Gasteiger partial charge in [0.2, 0.25) is 5.91 Å². The number of furan rings is 1. The molecule has 2 atom stereocenters. The first-order chi connectivity index (χ1) is 11.2. The lowest BCUT2D eigenvalue weighted by atomic mass is 10.1. The smallest absolute Gasteiger partial charge is 0.290 e. The van der Waals surface area contributed by atoms with Crippen molar-refractivity contribution in [2.24, 2.45) is 5.73 Å². The Morgan fingerprint density at radius 2 is 2.21 bits per heavy atom. The number of nitrogens with zero attached hydrogens (tertiary/aromatic N) is 1. The van der Waals surface area contributed by atoms with Crippen LogP contribution >= 0.6 is 0 Å². The van der Waals surface area contributed by atoms with E-state index in [2.05, 4.69) is 17.2 Å². The number of nitrogens with two attached hydrogens (primary N) is 1. The number of aliphatic hydroxyl groups is 1. The molecular formula is C17H23N3O4. The monoisotopic (exact) mass is 333 g/mol. The molecule has 1 aliphatic heterocycles. The minimum absolute atomic E-state index is 0.0958. The number of nitrogens with one attached hydrogen (secondary N) is 1. The van der Waals surface area contributed by atoms with Gasteiger partial charge in [0.1, 0.15) is 11.6 Å². The number of hydrogen-bond acceptors (Lipinski definition) is 5. The highest BCUT2D eigenvalue weighted by molar-refractivity contribution is 5.96. The fourth-order valence-electron chi connectivity index (χ4n) is 2.51. The molecule has 0 unspecified atom stereocenters. The summed E-state index contributed by atoms with van der Waals surface area (Å²) < 4.78 is 5.43. The van der Waals surface area contributed by atoms with Crippen molar-refractivity contribution in [3.63, 3.8) is 0 Å². The first kappa shape index (κ1) is 18.0. The van der Waals surface area contributed by atoms with Crippen LogP contribution < -0.4 is 11.1 Å². The van der Waals surface area contributed by atoms with Gasteiger partial charge < -0.3 is 25.5 Å². The second kappa shape index (κ2) is 7.07. The van der Waals surface area contributed by atoms with Crippen molar-refractivity contribution in [3.8, 4) is 11.8 Å². The predicted molar refractivity (Wildman–Crippen MR) is 88.0 cm³/mol. The summed E-state index contributed by atoms with van der Waals surface area (Å²) in [4.78, 5) is 26.2. The number of hydrogen-bond donors (Lipinski definition) is 3. The zero-order chi connectivity index (χ0) is 17.9. The van der Waals surface area contributed by atoms with Gasteiger partial charge in [-0.15, -0.1) is 0 Å². The van der Waals surface area contributed by atoms with Crippen LogP contribution in [0.15, 0.2) is 16.5 Å². The Morgan fingerprint density at radius 1 is 1.50 bits per heavy atom. The first-order valence-electron chi connectivity index (χ1n) is 7.91. The van der Waals surface area contributed by atoms with Gasteiger partial charge in [-0.3, -0.25) is 9.59 Å². The summed E-state index contributed by atoms with van der Waals surface area (Å²) in [6.07, 6.45) is 0.420. The van der Waals surface area contributed by atoms with Gasteiger partial charge in [-0.1, -0.05) is 5.92 Å². The van der Waals surface area contributed by atoms with Crippen molar-refractivity contribution in [1.29, 1.82) is 0 Å². The highest BCUT2D eigenvalue weighted by Crippen LogP contribution is 2.21. The molecular weight excluding hydrogens is 310 g/mol. The fourth-order valence-corrected chi connectivity index (χ4v) is 2.51. The molecule has 130 valence electrons. The number of carbonyl (C=O) groups excluding carboxylic acids is 2. The zero-order valence-corrected chi connectivity index (χ0v) is 14.1. The van der Waals surface area contributed by atoms with Crippen molar-refractivity contribution in [2.75, 3.05) is 13.1 Å². The maximum absolute atomic E-state index is 12.6. The first-order valence-corrected chi connectivity index (χ1v) is 7.91. The van der Waals surface area contributed by atoms with Crippen LogP contribution in [0.4, 0.5) is 0 Å². The molecule has 1 saturated heterocycles. The minimum Gasteiger partial charge on any atom is -0.443 e. The lowest BCUT2D eigenvalue weighted by Gasteiger charge is -2.22. The average molecular weight is 333 g/mol. The van der Waals surface area contributed by atoms with E-state index < -0.39 is 17.6 Å². The molecule has 2 heterocycles. The summed E-state index contributed by atoms with van der Waals surface area (Å²) in [5, 5.41) is 12.3. The third-order valence-corrected chi connectivity index (χ3v) is 3.56. The van der Waals surface area contributed by atoms with Crippen LogP contribution in [-0.2, 0) is 4.79 Å². The quantitative estimate of drug-likeness (QED) is 0.679. The second-order valence-electron chi connectivity index (χ2n) is 6.34. The Hall–Kier alpha value is -2.30. The molecule has 1 aliphatic rings. The van der Waals surface area contributed by atoms with E-state index in [9.17, 15) is 14.7 Å². The Labute approximate surface area is 141 Å². The van der Waals surface area contributed by atoms with Crippen LogP contribution in [0.3, 0.4) is 0 Å². The van der Waals surface area contributed by atoms with Gasteiger partial charge in [0.05, 0.1) is 0 Å². The van der Waals surface area contributed by atoms with Crippen molar-refractivity contribution in [2.45, 2.75) is 44.9 Å². The molecule has 24 heavy (non-hydrogen) atoms. The Kier molecular flexibility index (Phi) is 5.32. The van der Waals surface area contributed by atoms with Crippen molar-refractivity contribution < 1.29 is 19.1 Å². The Bertz CT molecular complexity index is 678. The van der Waals surface area contributed by atoms with Crippen LogP contribution in [0.1, 0.15) is 43.5 Å². The molecule has 2 amide bonds. The lowest BCUT2D eigenvalue weighted by Crippen LogP contribution is -2.45. The van der Waals surface area contributed by atoms with Gasteiger partial charge in [0.15, 0.2) is 11.5 Å². The summed E-state index contributed by atoms with van der Waals surface area (Å²) in [5.74, 6) is 5.05. The molecule has 0 aromatic carbocycles. The van der Waals surface area contributed by atoms with Crippen LogP contribution in [0, 0.1) is 11.8 Å². The standard InChI is InChI=1S/C17H23N3O4/c1-4-19-15(21)13-9-11(18)10-20(13)16(22)14-6-5-12(24-14)7-8-17(2,3)23/h5-6,11,13,23H,4,9-10,18H2,1-3H3,(H,19,21)/t11-,13-/m0/s1. The molecule has 0 saturated carbocycles. The normalized spacial score (nSPS) is 20.5. The molecule has 0 spiro atoms. The summed E-state index contributed by atoms with van der Waals surface area (Å²) in [6, 6.07) is 2.23. The Morgan fingerprint density at radius 3 is 2.83 bits per heavy atom. The van der Waals surface area contributed by atoms with Crippen molar-refractivity contribution in [1.82, 2.24) is 10.2 Å². The van der Waals surface area contributed by atoms with Crippen LogP contribution in [0.25, 0.3) is 0 Å². The molecule has 7 nitrogen and oxygen atoms in total. The van der Waals surface area contributed by atoms with E-state index in [0.717, 1.165) is 0 Å². The number of rotatable bonds is 3. The summed E-state index contributed by atoms with van der Waals surface area (Å²) in [5.41, 5.74) is 4.76. The molecule has 7 heteroatoms. The van der Waals surface area contributed by atoms with E-state index in [4.69, 9.17) is 10.2 Å². The summed E-state index contributed by atoms with van der Waals surface area (Å²) >= 11 is 0. The number of amides is 2. The van der Waals surface area contributed by atoms with E-state index in [1.165, 1.54) is 11.0 Å². The van der Waals surface area contributed by atoms with E-state index in [1.807, 2.05) is 6.92 Å². The van der Waals surface area contributed by atoms with Gasteiger partial charge in [0, 0.05) is 19.1 Å². The third-order valence-electron chi connectivity index (χ3n) is 3.56. The zero-order valence-electron chi connectivity index (χ0n) is 14.1. The largest absolute Gasteiger partial charge is 0.443 e. The van der Waals surface area contributed by atoms with E-state index in [0.29, 0.717) is 19.5 Å². The highest BCUT2D eigenvalue weighted by atomic mass is 16.4. The van der Waals surface area contributed by atoms with E-state index in [-0.39, 0.29) is 23.5 Å². The summed E-state index contributed by atoms with van der Waals surface area (Å²) in [7, 11) is 0. The number of likely N-dealkylation sites (tertiary alicyclic amines) is 1. The van der Waals surface area contributed by atoms with Gasteiger partial charge in [-0.25, -0.2) is 0 Å². The molecule has 1 fully saturated rings. The lowest BCUT2D eigenvalue weighted by molar-refractivity contribution is -0.124. The fraction of sp³-hybridized carbons (Fsp3) is 0.529. The minimum atomic E-state index is -1.15. The van der Waals surface area contributed by atoms with Crippen molar-refractivity contribution >= 4 is 11.8 Å². The maximum Gasteiger partial charge on any atom is 0.290 e. The van der Waals surface area contributed by atoms with Gasteiger partial charge in [0.25, 0.3) is 5.91 Å². The molecule has 1 aromatic rings. The van der Waals surface area contributed by atoms with Crippen molar-refractivity contribution in [3.05, 3.63) is 23.7 Å². The highest BCUT2D eigenvalue weighted by Gasteiger charge is 2.39. The second-order valence-corrected chi connectivity index (χ2v) is 6.34. The molecule has 2 rings (SSSR count). The van der Waals surface area contributed by atoms with Gasteiger partial charge in [-0.2, -0.15) is 0 Å². The van der Waals surface area contributed by atoms with Gasteiger partial charge >= 0.3 is 0 Å². The number of likely N-dealkylation sites (N-methyl/N-ethyl adjacent to an activating group) is 1. The Balaban J connectivity index is 2.16. The topological polar surface area (TPSA) is 109 Å². The molecule has 0 aliphatic carbocycles. The van der Waals surface area contributed by atoms with Crippen LogP contribution in [-0.4, -0.2) is 52.6 Å². The van der Waals surface area contributed by atoms with Gasteiger partial charge in [-0.05, 0) is 45.2 Å². The summed E-state index contributed by atoms with van der Waals surface area (Å²) in [6.45, 7) is 5.71. The third kappa shape index (κ3) is 4.37. The molecule has 0 radical (unpaired) electrons. The maximum atomic E-state index is 12.6. The molecule has 0 bridgehead atoms. The van der Waals surface area contributed by atoms with E-state index >= 15 is 0 Å². The van der Waals surface area contributed by atoms with E-state index in [1.54, 1.807) is 19.9 Å². The number of carbonyl (C=O) groups is 2. The van der Waals surface area contributed by atoms with Crippen LogP contribution in [0.5, 0.6) is 0 Å². The predicted octanol–water partition coefficient (Wildman–Crippen LogP) is 0.0799. The molecule has 4 N–H and O–H groups in total. The average Bonchev–Trinajstić information content (AvgIpc) is 3.10. The molecule has 1 aromatic heterocycles. The van der Waals surface area contributed by atoms with Crippen LogP contribution in [0.2, 0.25) is 0 Å².